The average molecular weight is 386 g/mol. The van der Waals surface area contributed by atoms with Crippen molar-refractivity contribution in [3.05, 3.63) is 11.9 Å². The Kier molecular flexibility index (Phi) is 5.48. The minimum Gasteiger partial charge on any atom is -0.357 e. The minimum atomic E-state index is 0.0369. The van der Waals surface area contributed by atoms with E-state index in [4.69, 9.17) is 10.7 Å². The molecule has 3 aliphatic heterocycles. The molecule has 28 heavy (non-hydrogen) atoms. The number of anilines is 2. The molecule has 1 amide bonds. The molecule has 1 aromatic rings. The van der Waals surface area contributed by atoms with Gasteiger partial charge in [0, 0.05) is 50.6 Å². The van der Waals surface area contributed by atoms with Crippen LogP contribution >= 0.6 is 0 Å². The smallest absolute Gasteiger partial charge is 0.225 e. The van der Waals surface area contributed by atoms with Gasteiger partial charge in [0.25, 0.3) is 0 Å². The van der Waals surface area contributed by atoms with Crippen molar-refractivity contribution in [2.75, 3.05) is 42.9 Å². The van der Waals surface area contributed by atoms with E-state index < -0.39 is 0 Å². The molecule has 3 N–H and O–H groups in total. The Morgan fingerprint density at radius 1 is 1.25 bits per heavy atom. The number of amidine groups is 1. The highest BCUT2D eigenvalue weighted by Crippen LogP contribution is 2.32. The van der Waals surface area contributed by atoms with Crippen LogP contribution in [-0.2, 0) is 11.2 Å². The van der Waals surface area contributed by atoms with E-state index in [0.29, 0.717) is 43.1 Å². The first-order valence-electron chi connectivity index (χ1n) is 10.5. The summed E-state index contributed by atoms with van der Waals surface area (Å²) >= 11 is 0. The fraction of sp³-hybridized carbons (Fsp3) is 0.700. The number of hydrogen-bond donors (Lipinski definition) is 2. The van der Waals surface area contributed by atoms with Crippen LogP contribution in [-0.4, -0.2) is 65.4 Å². The maximum Gasteiger partial charge on any atom is 0.225 e. The van der Waals surface area contributed by atoms with Crippen LogP contribution in [0, 0.1) is 11.8 Å². The number of nitrogens with zero attached hydrogens (tertiary/aromatic N) is 5. The van der Waals surface area contributed by atoms with Gasteiger partial charge in [-0.15, -0.1) is 0 Å². The third kappa shape index (κ3) is 3.70. The first-order chi connectivity index (χ1) is 13.6. The van der Waals surface area contributed by atoms with Gasteiger partial charge in [-0.1, -0.05) is 13.8 Å². The molecular formula is C20H31N7O. The zero-order valence-corrected chi connectivity index (χ0v) is 16.9. The Balaban J connectivity index is 1.46. The lowest BCUT2D eigenvalue weighted by Crippen LogP contribution is -2.43. The maximum absolute atomic E-state index is 11.6. The lowest BCUT2D eigenvalue weighted by Gasteiger charge is -2.36. The van der Waals surface area contributed by atoms with Gasteiger partial charge in [0.15, 0.2) is 0 Å². The van der Waals surface area contributed by atoms with Gasteiger partial charge < -0.3 is 20.9 Å². The minimum absolute atomic E-state index is 0.0369. The van der Waals surface area contributed by atoms with Crippen molar-refractivity contribution in [2.24, 2.45) is 22.6 Å². The van der Waals surface area contributed by atoms with Crippen LogP contribution in [0.4, 0.5) is 11.6 Å². The number of amides is 1. The van der Waals surface area contributed by atoms with Crippen molar-refractivity contribution in [3.8, 4) is 0 Å². The number of hydrogen-bond acceptors (Lipinski definition) is 7. The van der Waals surface area contributed by atoms with E-state index in [1.807, 2.05) is 0 Å². The predicted octanol–water partition coefficient (Wildman–Crippen LogP) is 1.28. The fourth-order valence-corrected chi connectivity index (χ4v) is 4.49. The monoisotopic (exact) mass is 385 g/mol. The van der Waals surface area contributed by atoms with Gasteiger partial charge >= 0.3 is 0 Å². The molecule has 152 valence electrons. The SMILES string of the molecule is CC(C)C1CN(CCN)C(C2CCN(c3ncnc4c3CCC(=O)N4)CC2)=N1. The highest BCUT2D eigenvalue weighted by Gasteiger charge is 2.34. The summed E-state index contributed by atoms with van der Waals surface area (Å²) in [5, 5.41) is 2.87. The maximum atomic E-state index is 11.6. The van der Waals surface area contributed by atoms with Crippen LogP contribution in [0.3, 0.4) is 0 Å². The number of carbonyl (C=O) groups excluding carboxylic acids is 1. The molecule has 8 heteroatoms. The van der Waals surface area contributed by atoms with Crippen molar-refractivity contribution < 1.29 is 4.79 Å². The van der Waals surface area contributed by atoms with E-state index in [1.165, 1.54) is 5.84 Å². The van der Waals surface area contributed by atoms with Gasteiger partial charge in [-0.25, -0.2) is 9.97 Å². The number of aliphatic imine (C=N–C) groups is 1. The molecule has 0 radical (unpaired) electrons. The first-order valence-corrected chi connectivity index (χ1v) is 10.5. The Bertz CT molecular complexity index is 755. The van der Waals surface area contributed by atoms with Crippen LogP contribution in [0.1, 0.15) is 38.7 Å². The average Bonchev–Trinajstić information content (AvgIpc) is 3.12. The van der Waals surface area contributed by atoms with Crippen LogP contribution in [0.15, 0.2) is 11.3 Å². The van der Waals surface area contributed by atoms with E-state index >= 15 is 0 Å². The van der Waals surface area contributed by atoms with E-state index in [-0.39, 0.29) is 5.91 Å². The van der Waals surface area contributed by atoms with Gasteiger partial charge in [-0.2, -0.15) is 0 Å². The summed E-state index contributed by atoms with van der Waals surface area (Å²) in [6.07, 6.45) is 4.91. The molecule has 0 aromatic carbocycles. The number of fused-ring (bicyclic) bond motifs is 1. The molecule has 0 saturated carbocycles. The molecule has 0 spiro atoms. The summed E-state index contributed by atoms with van der Waals surface area (Å²) in [6, 6.07) is 0.386. The molecule has 1 aromatic heterocycles. The Morgan fingerprint density at radius 2 is 2.04 bits per heavy atom. The van der Waals surface area contributed by atoms with Gasteiger partial charge in [-0.3, -0.25) is 9.79 Å². The van der Waals surface area contributed by atoms with Crippen molar-refractivity contribution in [3.63, 3.8) is 0 Å². The zero-order chi connectivity index (χ0) is 19.7. The molecule has 4 rings (SSSR count). The molecule has 1 unspecified atom stereocenters. The molecule has 0 bridgehead atoms. The normalized spacial score (nSPS) is 23.1. The summed E-state index contributed by atoms with van der Waals surface area (Å²) in [5.74, 6) is 4.01. The molecule has 1 atom stereocenters. The number of piperidine rings is 1. The lowest BCUT2D eigenvalue weighted by molar-refractivity contribution is -0.116. The highest BCUT2D eigenvalue weighted by molar-refractivity contribution is 5.93. The molecule has 3 aliphatic rings. The van der Waals surface area contributed by atoms with Gasteiger partial charge in [0.2, 0.25) is 5.91 Å². The Hall–Kier alpha value is -2.22. The summed E-state index contributed by atoms with van der Waals surface area (Å²) in [5.41, 5.74) is 6.92. The third-order valence-electron chi connectivity index (χ3n) is 6.14. The van der Waals surface area contributed by atoms with Crippen LogP contribution in [0.25, 0.3) is 0 Å². The summed E-state index contributed by atoms with van der Waals surface area (Å²) in [6.45, 7) is 8.95. The van der Waals surface area contributed by atoms with Crippen molar-refractivity contribution in [1.82, 2.24) is 14.9 Å². The molecule has 1 saturated heterocycles. The van der Waals surface area contributed by atoms with Crippen molar-refractivity contribution in [1.29, 1.82) is 0 Å². The number of nitrogens with two attached hydrogens (primary N) is 1. The van der Waals surface area contributed by atoms with Crippen LogP contribution < -0.4 is 16.0 Å². The molecule has 8 nitrogen and oxygen atoms in total. The summed E-state index contributed by atoms with van der Waals surface area (Å²) < 4.78 is 0. The van der Waals surface area contributed by atoms with Crippen LogP contribution in [0.5, 0.6) is 0 Å². The predicted molar refractivity (Wildman–Crippen MR) is 111 cm³/mol. The second-order valence-corrected chi connectivity index (χ2v) is 8.37. The molecular weight excluding hydrogens is 354 g/mol. The van der Waals surface area contributed by atoms with E-state index in [1.54, 1.807) is 6.33 Å². The van der Waals surface area contributed by atoms with E-state index in [0.717, 1.165) is 50.4 Å². The quantitative estimate of drug-likeness (QED) is 0.792. The van der Waals surface area contributed by atoms with Crippen molar-refractivity contribution in [2.45, 2.75) is 45.6 Å². The number of carbonyl (C=O) groups is 1. The van der Waals surface area contributed by atoms with Gasteiger partial charge in [0.05, 0.1) is 6.04 Å². The fourth-order valence-electron chi connectivity index (χ4n) is 4.49. The van der Waals surface area contributed by atoms with E-state index in [2.05, 4.69) is 38.9 Å². The van der Waals surface area contributed by atoms with Crippen LogP contribution in [0.2, 0.25) is 0 Å². The molecule has 0 aliphatic carbocycles. The van der Waals surface area contributed by atoms with Crippen molar-refractivity contribution >= 4 is 23.4 Å². The largest absolute Gasteiger partial charge is 0.357 e. The zero-order valence-electron chi connectivity index (χ0n) is 16.9. The number of nitrogens with one attached hydrogen (secondary N) is 1. The number of aromatic nitrogens is 2. The topological polar surface area (TPSA) is 99.7 Å². The lowest BCUT2D eigenvalue weighted by atomic mass is 9.94. The highest BCUT2D eigenvalue weighted by atomic mass is 16.1. The number of rotatable bonds is 5. The van der Waals surface area contributed by atoms with Gasteiger partial charge in [-0.05, 0) is 25.2 Å². The standard InChI is InChI=1S/C20H31N7O/c1-13(2)16-11-27(10-7-21)19(24-16)14-5-8-26(9-6-14)20-15-3-4-17(28)25-18(15)22-12-23-20/h12-14,16H,3-11,21H2,1-2H3,(H,22,23,25,28). The molecule has 4 heterocycles. The third-order valence-corrected chi connectivity index (χ3v) is 6.14. The molecule has 1 fully saturated rings. The van der Waals surface area contributed by atoms with Gasteiger partial charge in [0.1, 0.15) is 23.8 Å². The second kappa shape index (κ2) is 8.03. The second-order valence-electron chi connectivity index (χ2n) is 8.37. The first kappa shape index (κ1) is 19.1. The summed E-state index contributed by atoms with van der Waals surface area (Å²) in [4.78, 5) is 30.3. The summed E-state index contributed by atoms with van der Waals surface area (Å²) in [7, 11) is 0. The van der Waals surface area contributed by atoms with E-state index in [9.17, 15) is 4.79 Å². The Morgan fingerprint density at radius 3 is 2.75 bits per heavy atom. The Labute approximate surface area is 166 Å².